The van der Waals surface area contributed by atoms with Gasteiger partial charge in [0.1, 0.15) is 0 Å². The summed E-state index contributed by atoms with van der Waals surface area (Å²) in [5.74, 6) is 0. The number of fused-ring (bicyclic) bond motifs is 17. The minimum Gasteiger partial charge on any atom is -0.309 e. The SMILES string of the molecule is c1ccc(-c2c3ccccc3nc3c2ccc2ccc(-c4c5ccccc5c(-c5cccc(-n6c7ccccc7c7ccccc76)c5)c5ccccc45)nc23)cc1.c1ccc(-c2c3ccccc3nc3c2ccc2ccc(-c4ccc(-c5cccc(-n6c7ccccc7c7ccccc76)c5)c5ccccc45)nc23)cc1. The molecule has 0 aliphatic rings. The van der Waals surface area contributed by atoms with E-state index in [0.29, 0.717) is 0 Å². The summed E-state index contributed by atoms with van der Waals surface area (Å²) in [6.45, 7) is 0. The molecule has 6 nitrogen and oxygen atoms in total. The van der Waals surface area contributed by atoms with E-state index in [-0.39, 0.29) is 0 Å². The van der Waals surface area contributed by atoms with Crippen molar-refractivity contribution >= 4 is 141 Å². The maximum Gasteiger partial charge on any atom is 0.0978 e. The quantitative estimate of drug-likeness (QED) is 0.112. The van der Waals surface area contributed by atoms with Gasteiger partial charge in [0, 0.05) is 87.5 Å². The lowest BCUT2D eigenvalue weighted by Crippen LogP contribution is -1.96. The van der Waals surface area contributed by atoms with E-state index in [0.717, 1.165) is 99.3 Å². The molecule has 0 spiro atoms. The summed E-state index contributed by atoms with van der Waals surface area (Å²) in [6.07, 6.45) is 0. The van der Waals surface area contributed by atoms with Crippen LogP contribution in [0.5, 0.6) is 0 Å². The zero-order valence-corrected chi connectivity index (χ0v) is 59.6. The van der Waals surface area contributed by atoms with Crippen molar-refractivity contribution in [1.29, 1.82) is 0 Å². The van der Waals surface area contributed by atoms with Crippen LogP contribution in [0, 0.1) is 0 Å². The molecule has 23 rings (SSSR count). The molecule has 23 aromatic rings. The van der Waals surface area contributed by atoms with E-state index in [2.05, 4.69) is 397 Å². The van der Waals surface area contributed by atoms with Crippen molar-refractivity contribution < 1.29 is 0 Å². The summed E-state index contributed by atoms with van der Waals surface area (Å²) in [5, 5.41) is 18.8. The zero-order chi connectivity index (χ0) is 72.3. The summed E-state index contributed by atoms with van der Waals surface area (Å²) >= 11 is 0. The second kappa shape index (κ2) is 25.5. The van der Waals surface area contributed by atoms with Gasteiger partial charge in [-0.3, -0.25) is 0 Å². The molecule has 0 aliphatic carbocycles. The van der Waals surface area contributed by atoms with Crippen molar-refractivity contribution in [2.45, 2.75) is 0 Å². The van der Waals surface area contributed by atoms with Crippen molar-refractivity contribution in [3.63, 3.8) is 0 Å². The first-order valence-corrected chi connectivity index (χ1v) is 37.6. The van der Waals surface area contributed by atoms with Crippen LogP contribution in [0.3, 0.4) is 0 Å². The number of hydrogen-bond acceptors (Lipinski definition) is 4. The van der Waals surface area contributed by atoms with Crippen molar-refractivity contribution in [2.75, 3.05) is 0 Å². The van der Waals surface area contributed by atoms with Crippen molar-refractivity contribution in [2.24, 2.45) is 0 Å². The number of para-hydroxylation sites is 6. The Labute approximate surface area is 633 Å². The molecule has 110 heavy (non-hydrogen) atoms. The Hall–Kier alpha value is -14.7. The van der Waals surface area contributed by atoms with Crippen LogP contribution in [0.15, 0.2) is 388 Å². The van der Waals surface area contributed by atoms with E-state index in [1.54, 1.807) is 0 Å². The van der Waals surface area contributed by atoms with E-state index in [1.165, 1.54) is 120 Å². The third-order valence-electron chi connectivity index (χ3n) is 22.5. The van der Waals surface area contributed by atoms with E-state index in [9.17, 15) is 0 Å². The second-order valence-electron chi connectivity index (χ2n) is 28.6. The fraction of sp³-hybridized carbons (Fsp3) is 0. The van der Waals surface area contributed by atoms with Crippen LogP contribution in [0.4, 0.5) is 0 Å². The summed E-state index contributed by atoms with van der Waals surface area (Å²) in [7, 11) is 0. The van der Waals surface area contributed by atoms with Gasteiger partial charge in [-0.2, -0.15) is 0 Å². The fourth-order valence-electron chi connectivity index (χ4n) is 17.7. The first-order valence-electron chi connectivity index (χ1n) is 37.6. The molecule has 0 N–H and O–H groups in total. The van der Waals surface area contributed by atoms with Crippen LogP contribution in [0.25, 0.3) is 220 Å². The molecular weight excluding hydrogens is 1330 g/mol. The van der Waals surface area contributed by atoms with E-state index >= 15 is 0 Å². The average Bonchev–Trinajstić information content (AvgIpc) is 0.922. The summed E-state index contributed by atoms with van der Waals surface area (Å²) in [6, 6.07) is 139. The summed E-state index contributed by atoms with van der Waals surface area (Å²) in [5.41, 5.74) is 26.3. The molecule has 6 heteroatoms. The first-order chi connectivity index (χ1) is 54.6. The molecule has 17 aromatic carbocycles. The third-order valence-corrected chi connectivity index (χ3v) is 22.5. The maximum atomic E-state index is 5.56. The van der Waals surface area contributed by atoms with Crippen LogP contribution >= 0.6 is 0 Å². The number of rotatable bonds is 8. The lowest BCUT2D eigenvalue weighted by molar-refractivity contribution is 1.18. The van der Waals surface area contributed by atoms with Gasteiger partial charge in [0.15, 0.2) is 0 Å². The lowest BCUT2D eigenvalue weighted by atomic mass is 9.87. The highest BCUT2D eigenvalue weighted by molar-refractivity contribution is 6.23. The average molecular weight is 1400 g/mol. The van der Waals surface area contributed by atoms with Crippen LogP contribution in [0.2, 0.25) is 0 Å². The van der Waals surface area contributed by atoms with E-state index in [4.69, 9.17) is 19.9 Å². The topological polar surface area (TPSA) is 61.4 Å². The Morgan fingerprint density at radius 2 is 0.500 bits per heavy atom. The van der Waals surface area contributed by atoms with Gasteiger partial charge in [0.05, 0.1) is 66.6 Å². The smallest absolute Gasteiger partial charge is 0.0978 e. The summed E-state index contributed by atoms with van der Waals surface area (Å²) < 4.78 is 4.78. The second-order valence-corrected chi connectivity index (χ2v) is 28.6. The van der Waals surface area contributed by atoms with Gasteiger partial charge in [-0.05, 0) is 138 Å². The number of benzene rings is 17. The molecule has 6 heterocycles. The molecule has 0 radical (unpaired) electrons. The first kappa shape index (κ1) is 62.6. The van der Waals surface area contributed by atoms with Gasteiger partial charge >= 0.3 is 0 Å². The van der Waals surface area contributed by atoms with Gasteiger partial charge in [0.25, 0.3) is 0 Å². The van der Waals surface area contributed by atoms with Crippen LogP contribution < -0.4 is 0 Å². The molecule has 0 atom stereocenters. The number of nitrogens with zero attached hydrogens (tertiary/aromatic N) is 6. The monoisotopic (exact) mass is 1400 g/mol. The number of hydrogen-bond donors (Lipinski definition) is 0. The molecule has 0 saturated carbocycles. The number of pyridine rings is 4. The maximum absolute atomic E-state index is 5.56. The Bertz CT molecular complexity index is 7560. The van der Waals surface area contributed by atoms with Gasteiger partial charge in [-0.1, -0.05) is 315 Å². The number of aromatic nitrogens is 6. The minimum atomic E-state index is 0.907. The van der Waals surface area contributed by atoms with Crippen LogP contribution in [0.1, 0.15) is 0 Å². The Morgan fingerprint density at radius 3 is 0.973 bits per heavy atom. The molecule has 0 fully saturated rings. The van der Waals surface area contributed by atoms with Gasteiger partial charge in [-0.15, -0.1) is 0 Å². The molecule has 510 valence electrons. The Balaban J connectivity index is 0.000000136. The summed E-state index contributed by atoms with van der Waals surface area (Å²) in [4.78, 5) is 21.5. The molecule has 0 bridgehead atoms. The third kappa shape index (κ3) is 10.0. The van der Waals surface area contributed by atoms with Gasteiger partial charge in [0.2, 0.25) is 0 Å². The Morgan fingerprint density at radius 1 is 0.173 bits per heavy atom. The van der Waals surface area contributed by atoms with Gasteiger partial charge < -0.3 is 9.13 Å². The van der Waals surface area contributed by atoms with Crippen LogP contribution in [-0.4, -0.2) is 29.1 Å². The minimum absolute atomic E-state index is 0.907. The molecule has 0 amide bonds. The van der Waals surface area contributed by atoms with Crippen LogP contribution in [-0.2, 0) is 0 Å². The lowest BCUT2D eigenvalue weighted by Gasteiger charge is -2.18. The zero-order valence-electron chi connectivity index (χ0n) is 59.6. The largest absolute Gasteiger partial charge is 0.309 e. The highest BCUT2D eigenvalue weighted by Gasteiger charge is 2.23. The predicted octanol–water partition coefficient (Wildman–Crippen LogP) is 27.5. The standard InChI is InChI=1S/C54H33N3.C50H31N3/c1-2-15-34(16-3-1)50-44-25-8-11-26-46(44)55-54-45(50)31-29-35-30-32-47(56-53(35)54)52-42-23-6-4-21-40(42)51(41-22-5-7-24-43(41)52)36-17-14-18-37(33-36)57-48-27-12-9-19-38(48)39-20-10-13-28-49(39)57;1-2-13-32(14-3-1)48-42-21-6-9-22-44(42)52-50-43(48)27-25-33-26-30-45(51-49(33)50)39-29-28-36(37-17-4-5-18-38(37)39)34-15-12-16-35(31-34)53-46-23-10-7-19-40(46)41-20-8-11-24-47(41)53/h1-33H;1-31H. The van der Waals surface area contributed by atoms with Crippen molar-refractivity contribution in [3.05, 3.63) is 388 Å². The normalized spacial score (nSPS) is 11.8. The van der Waals surface area contributed by atoms with Gasteiger partial charge in [-0.25, -0.2) is 19.9 Å². The van der Waals surface area contributed by atoms with Crippen molar-refractivity contribution in [3.8, 4) is 78.4 Å². The fourth-order valence-corrected chi connectivity index (χ4v) is 17.7. The molecule has 0 unspecified atom stereocenters. The molecule has 0 aliphatic heterocycles. The molecular formula is C104H64N6. The molecule has 0 saturated heterocycles. The highest BCUT2D eigenvalue weighted by Crippen LogP contribution is 2.47. The highest BCUT2D eigenvalue weighted by atomic mass is 15.0. The predicted molar refractivity (Wildman–Crippen MR) is 463 cm³/mol. The van der Waals surface area contributed by atoms with E-state index < -0.39 is 0 Å². The van der Waals surface area contributed by atoms with Crippen molar-refractivity contribution in [1.82, 2.24) is 29.1 Å². The van der Waals surface area contributed by atoms with E-state index in [1.807, 2.05) is 0 Å². The Kier molecular flexibility index (Phi) is 14.5. The molecule has 6 aromatic heterocycles.